The molecule has 0 bridgehead atoms. The lowest BCUT2D eigenvalue weighted by atomic mass is 9.88. The van der Waals surface area contributed by atoms with Crippen molar-refractivity contribution in [3.8, 4) is 6.07 Å². The van der Waals surface area contributed by atoms with Crippen LogP contribution >= 0.6 is 0 Å². The van der Waals surface area contributed by atoms with Crippen molar-refractivity contribution in [1.29, 1.82) is 10.7 Å². The van der Waals surface area contributed by atoms with E-state index in [-0.39, 0.29) is 18.6 Å². The first-order valence-corrected chi connectivity index (χ1v) is 12.8. The summed E-state index contributed by atoms with van der Waals surface area (Å²) in [7, 11) is 3.91. The summed E-state index contributed by atoms with van der Waals surface area (Å²) in [6, 6.07) is 4.24. The SMILES string of the molecule is C/C=C\C(CCN=NCC=N)=Nc1cc(N(C)C2CCCCC2N(C)C(O)OC(C)(C)C)ncc1C#N. The Morgan fingerprint density at radius 3 is 2.62 bits per heavy atom. The number of aliphatic imine (C=N–C) groups is 1. The molecule has 0 saturated heterocycles. The molecule has 10 nitrogen and oxygen atoms in total. The maximum atomic E-state index is 10.7. The number of nitrogens with zero attached hydrogens (tertiary/aromatic N) is 7. The number of aromatic nitrogens is 1. The zero-order valence-electron chi connectivity index (χ0n) is 23.1. The van der Waals surface area contributed by atoms with Crippen LogP contribution in [0.25, 0.3) is 0 Å². The van der Waals surface area contributed by atoms with E-state index in [1.807, 2.05) is 64.9 Å². The van der Waals surface area contributed by atoms with Gasteiger partial charge in [-0.2, -0.15) is 15.5 Å². The summed E-state index contributed by atoms with van der Waals surface area (Å²) in [5, 5.41) is 35.4. The van der Waals surface area contributed by atoms with Crippen molar-refractivity contribution in [2.45, 2.75) is 83.9 Å². The number of allylic oxidation sites excluding steroid dienone is 2. The van der Waals surface area contributed by atoms with E-state index < -0.39 is 12.0 Å². The molecule has 3 atom stereocenters. The van der Waals surface area contributed by atoms with Gasteiger partial charge in [-0.25, -0.2) is 4.98 Å². The minimum atomic E-state index is -1.01. The highest BCUT2D eigenvalue weighted by Gasteiger charge is 2.35. The molecule has 37 heavy (non-hydrogen) atoms. The third-order valence-electron chi connectivity index (χ3n) is 6.24. The van der Waals surface area contributed by atoms with Gasteiger partial charge >= 0.3 is 0 Å². The Morgan fingerprint density at radius 1 is 1.30 bits per heavy atom. The third-order valence-corrected chi connectivity index (χ3v) is 6.24. The van der Waals surface area contributed by atoms with Gasteiger partial charge in [0.15, 0.2) is 0 Å². The molecule has 1 aliphatic rings. The first kappa shape index (κ1) is 30.2. The van der Waals surface area contributed by atoms with Crippen molar-refractivity contribution >= 4 is 23.4 Å². The second kappa shape index (κ2) is 14.7. The van der Waals surface area contributed by atoms with E-state index >= 15 is 0 Å². The lowest BCUT2D eigenvalue weighted by Crippen LogP contribution is -2.55. The number of rotatable bonds is 12. The van der Waals surface area contributed by atoms with Crippen LogP contribution in [-0.2, 0) is 4.74 Å². The van der Waals surface area contributed by atoms with Crippen LogP contribution in [0.1, 0.15) is 65.4 Å². The minimum Gasteiger partial charge on any atom is -0.356 e. The molecule has 2 rings (SSSR count). The number of hydrogen-bond acceptors (Lipinski definition) is 10. The van der Waals surface area contributed by atoms with Gasteiger partial charge in [-0.15, -0.1) is 0 Å². The van der Waals surface area contributed by atoms with E-state index in [2.05, 4.69) is 26.2 Å². The van der Waals surface area contributed by atoms with Gasteiger partial charge in [0, 0.05) is 49.7 Å². The number of ether oxygens (including phenoxy) is 1. The fourth-order valence-corrected chi connectivity index (χ4v) is 4.41. The smallest absolute Gasteiger partial charge is 0.216 e. The average molecular weight is 511 g/mol. The number of anilines is 1. The highest BCUT2D eigenvalue weighted by Crippen LogP contribution is 2.32. The third kappa shape index (κ3) is 9.43. The molecule has 0 aliphatic heterocycles. The molecule has 0 aromatic carbocycles. The Hall–Kier alpha value is -3.00. The Labute approximate surface area is 221 Å². The quantitative estimate of drug-likeness (QED) is 0.234. The number of likely N-dealkylation sites (N-methyl/N-ethyl adjacent to an activating group) is 2. The Kier molecular flexibility index (Phi) is 12.0. The maximum Gasteiger partial charge on any atom is 0.216 e. The highest BCUT2D eigenvalue weighted by molar-refractivity contribution is 5.97. The van der Waals surface area contributed by atoms with Crippen LogP contribution < -0.4 is 4.90 Å². The number of pyridine rings is 1. The molecular weight excluding hydrogens is 468 g/mol. The second-order valence-corrected chi connectivity index (χ2v) is 10.2. The number of nitrogens with one attached hydrogen (secondary N) is 1. The van der Waals surface area contributed by atoms with Crippen molar-refractivity contribution < 1.29 is 9.84 Å². The molecule has 0 amide bonds. The Balaban J connectivity index is 2.31. The summed E-state index contributed by atoms with van der Waals surface area (Å²) in [5.74, 6) is 0.722. The van der Waals surface area contributed by atoms with E-state index in [0.717, 1.165) is 37.2 Å². The molecular formula is C27H42N8O2. The van der Waals surface area contributed by atoms with E-state index in [1.165, 1.54) is 6.21 Å². The molecule has 1 fully saturated rings. The van der Waals surface area contributed by atoms with Crippen LogP contribution in [0, 0.1) is 16.7 Å². The summed E-state index contributed by atoms with van der Waals surface area (Å²) < 4.78 is 5.82. The van der Waals surface area contributed by atoms with Crippen LogP contribution in [0.3, 0.4) is 0 Å². The van der Waals surface area contributed by atoms with E-state index in [9.17, 15) is 10.4 Å². The van der Waals surface area contributed by atoms with Gasteiger partial charge in [-0.3, -0.25) is 9.89 Å². The summed E-state index contributed by atoms with van der Waals surface area (Å²) in [5.41, 5.74) is 1.28. The van der Waals surface area contributed by atoms with Gasteiger partial charge in [0.05, 0.1) is 29.9 Å². The van der Waals surface area contributed by atoms with Crippen molar-refractivity contribution in [2.24, 2.45) is 15.2 Å². The molecule has 2 N–H and O–H groups in total. The molecule has 202 valence electrons. The monoisotopic (exact) mass is 510 g/mol. The van der Waals surface area contributed by atoms with Crippen molar-refractivity contribution in [1.82, 2.24) is 9.88 Å². The number of aliphatic hydroxyl groups is 1. The lowest BCUT2D eigenvalue weighted by molar-refractivity contribution is -0.244. The molecule has 1 aromatic rings. The van der Waals surface area contributed by atoms with Gasteiger partial charge in [0.2, 0.25) is 6.41 Å². The van der Waals surface area contributed by atoms with Crippen LogP contribution in [0.15, 0.2) is 39.6 Å². The van der Waals surface area contributed by atoms with E-state index in [0.29, 0.717) is 24.2 Å². The second-order valence-electron chi connectivity index (χ2n) is 10.2. The fourth-order valence-electron chi connectivity index (χ4n) is 4.41. The Morgan fingerprint density at radius 2 is 2.00 bits per heavy atom. The first-order valence-electron chi connectivity index (χ1n) is 12.8. The summed E-state index contributed by atoms with van der Waals surface area (Å²) >= 11 is 0. The molecule has 10 heteroatoms. The average Bonchev–Trinajstić information content (AvgIpc) is 2.86. The fraction of sp³-hybridized carbons (Fsp3) is 0.630. The normalized spacial score (nSPS) is 19.9. The van der Waals surface area contributed by atoms with Crippen molar-refractivity contribution in [3.63, 3.8) is 0 Å². The molecule has 1 heterocycles. The standard InChI is InChI=1S/C27H42N8O2/c1-7-10-21(13-15-31-32-16-14-28)33-22-17-25(30-19-20(22)18-29)34(5)23-11-8-9-12-24(23)35(6)26(36)37-27(2,3)4/h7,10,14,17,19,23-24,26,28,36H,8-9,11-13,15-16H2,1-6H3/b10-7-,28-14?,32-31?,33-21?. The number of azo groups is 1. The highest BCUT2D eigenvalue weighted by atomic mass is 16.6. The maximum absolute atomic E-state index is 10.7. The van der Waals surface area contributed by atoms with Crippen LogP contribution in [-0.4, -0.2) is 78.2 Å². The predicted molar refractivity (Wildman–Crippen MR) is 148 cm³/mol. The number of hydrogen-bond donors (Lipinski definition) is 2. The lowest BCUT2D eigenvalue weighted by Gasteiger charge is -2.44. The van der Waals surface area contributed by atoms with Crippen LogP contribution in [0.2, 0.25) is 0 Å². The van der Waals surface area contributed by atoms with Gasteiger partial charge in [-0.1, -0.05) is 18.9 Å². The zero-order chi connectivity index (χ0) is 27.4. The summed E-state index contributed by atoms with van der Waals surface area (Å²) in [6.07, 6.45) is 10.2. The molecule has 0 spiro atoms. The van der Waals surface area contributed by atoms with Crippen molar-refractivity contribution in [2.75, 3.05) is 32.1 Å². The van der Waals surface area contributed by atoms with Gasteiger partial charge < -0.3 is 20.2 Å². The Bertz CT molecular complexity index is 1010. The van der Waals surface area contributed by atoms with Gasteiger partial charge in [-0.05, 0) is 53.7 Å². The molecule has 1 aromatic heterocycles. The van der Waals surface area contributed by atoms with Gasteiger partial charge in [0.25, 0.3) is 0 Å². The largest absolute Gasteiger partial charge is 0.356 e. The molecule has 3 unspecified atom stereocenters. The van der Waals surface area contributed by atoms with Crippen LogP contribution in [0.4, 0.5) is 11.5 Å². The number of aliphatic hydroxyl groups excluding tert-OH is 1. The molecule has 1 aliphatic carbocycles. The zero-order valence-corrected chi connectivity index (χ0v) is 23.1. The first-order chi connectivity index (χ1) is 17.6. The van der Waals surface area contributed by atoms with E-state index in [4.69, 9.17) is 15.1 Å². The van der Waals surface area contributed by atoms with E-state index in [1.54, 1.807) is 6.20 Å². The number of nitriles is 1. The summed E-state index contributed by atoms with van der Waals surface area (Å²) in [4.78, 5) is 13.4. The predicted octanol–water partition coefficient (Wildman–Crippen LogP) is 4.86. The van der Waals surface area contributed by atoms with Gasteiger partial charge in [0.1, 0.15) is 11.9 Å². The molecule has 1 saturated carbocycles. The molecule has 0 radical (unpaired) electrons. The minimum absolute atomic E-state index is 0.0745. The van der Waals surface area contributed by atoms with Crippen LogP contribution in [0.5, 0.6) is 0 Å². The topological polar surface area (TPSA) is 134 Å². The summed E-state index contributed by atoms with van der Waals surface area (Å²) in [6.45, 7) is 8.42. The van der Waals surface area contributed by atoms with Crippen molar-refractivity contribution in [3.05, 3.63) is 30.0 Å².